The zero-order chi connectivity index (χ0) is 26.9. The number of halogens is 2. The van der Waals surface area contributed by atoms with Crippen molar-refractivity contribution < 1.29 is 32.6 Å². The van der Waals surface area contributed by atoms with Crippen molar-refractivity contribution in [1.29, 1.82) is 0 Å². The van der Waals surface area contributed by atoms with Crippen LogP contribution in [0.2, 0.25) is 0 Å². The van der Waals surface area contributed by atoms with Crippen LogP contribution in [0.25, 0.3) is 11.0 Å². The summed E-state index contributed by atoms with van der Waals surface area (Å²) in [6, 6.07) is 11.3. The van der Waals surface area contributed by atoms with E-state index < -0.39 is 17.0 Å². The number of hydrogen-bond acceptors (Lipinski definition) is 8. The number of rotatable bonds is 10. The molecule has 0 N–H and O–H groups in total. The molecule has 4 aromatic rings. The van der Waals surface area contributed by atoms with E-state index >= 15 is 4.39 Å². The van der Waals surface area contributed by atoms with Crippen LogP contribution >= 0.6 is 0 Å². The predicted octanol–water partition coefficient (Wildman–Crippen LogP) is 4.82. The molecule has 0 atom stereocenters. The first kappa shape index (κ1) is 25.2. The van der Waals surface area contributed by atoms with Gasteiger partial charge < -0.3 is 14.2 Å². The summed E-state index contributed by atoms with van der Waals surface area (Å²) in [7, 11) is 2.92. The highest BCUT2D eigenvalue weighted by atomic mass is 19.1. The average Bonchev–Trinajstić information content (AvgIpc) is 3.73. The Morgan fingerprint density at radius 1 is 0.895 bits per heavy atom. The first-order chi connectivity index (χ1) is 18.3. The third-order valence-electron chi connectivity index (χ3n) is 6.61. The van der Waals surface area contributed by atoms with Crippen molar-refractivity contribution >= 4 is 22.6 Å². The molecule has 38 heavy (non-hydrogen) atoms. The molecule has 0 bridgehead atoms. The lowest BCUT2D eigenvalue weighted by Crippen LogP contribution is -2.29. The average molecular weight is 520 g/mol. The number of carbonyl (C=O) groups is 2. The minimum atomic E-state index is -1.11. The molecule has 0 spiro atoms. The van der Waals surface area contributed by atoms with Gasteiger partial charge in [0.2, 0.25) is 5.88 Å². The predicted molar refractivity (Wildman–Crippen MR) is 132 cm³/mol. The van der Waals surface area contributed by atoms with Crippen LogP contribution in [0, 0.1) is 17.0 Å². The van der Waals surface area contributed by atoms with Crippen molar-refractivity contribution in [2.24, 2.45) is 5.41 Å². The zero-order valence-electron chi connectivity index (χ0n) is 20.7. The molecule has 2 heterocycles. The Bertz CT molecular complexity index is 1540. The Balaban J connectivity index is 1.31. The minimum absolute atomic E-state index is 0.0267. The lowest BCUT2D eigenvalue weighted by molar-refractivity contribution is -0.133. The van der Waals surface area contributed by atoms with Gasteiger partial charge in [-0.1, -0.05) is 18.2 Å². The van der Waals surface area contributed by atoms with Crippen molar-refractivity contribution in [3.63, 3.8) is 0 Å². The number of ketones is 2. The largest absolute Gasteiger partial charge is 0.491 e. The van der Waals surface area contributed by atoms with Gasteiger partial charge in [0, 0.05) is 25.0 Å². The Morgan fingerprint density at radius 3 is 2.29 bits per heavy atom. The van der Waals surface area contributed by atoms with Crippen LogP contribution in [0.1, 0.15) is 24.0 Å². The van der Waals surface area contributed by atoms with Gasteiger partial charge in [0.05, 0.1) is 19.6 Å². The summed E-state index contributed by atoms with van der Waals surface area (Å²) in [5.74, 6) is -0.786. The molecule has 2 aromatic carbocycles. The first-order valence-electron chi connectivity index (χ1n) is 11.8. The quantitative estimate of drug-likeness (QED) is 0.275. The zero-order valence-corrected chi connectivity index (χ0v) is 20.7. The van der Waals surface area contributed by atoms with Gasteiger partial charge in [-0.05, 0) is 42.2 Å². The van der Waals surface area contributed by atoms with Crippen LogP contribution in [-0.4, -0.2) is 40.7 Å². The number of benzene rings is 2. The molecule has 1 fully saturated rings. The second kappa shape index (κ2) is 10.1. The van der Waals surface area contributed by atoms with E-state index in [1.165, 1.54) is 56.9 Å². The van der Waals surface area contributed by atoms with E-state index in [1.54, 1.807) is 6.07 Å². The standard InChI is InChI=1S/C28H23F2N3O5/c1-36-22-14-21-25(33-26(22)37-2)27(32-15-31-21)38-19-8-5-17(20(30)13-19)12-24(35)28(9-10-28)23(34)11-16-3-6-18(29)7-4-16/h3-8,13-15H,9-12H2,1-2H3. The van der Waals surface area contributed by atoms with E-state index in [9.17, 15) is 14.0 Å². The Labute approximate surface area is 216 Å². The van der Waals surface area contributed by atoms with Gasteiger partial charge in [-0.25, -0.2) is 18.7 Å². The number of methoxy groups -OCH3 is 2. The highest BCUT2D eigenvalue weighted by Gasteiger charge is 2.54. The smallest absolute Gasteiger partial charge is 0.257 e. The number of ether oxygens (including phenoxy) is 3. The van der Waals surface area contributed by atoms with Gasteiger partial charge >= 0.3 is 0 Å². The van der Waals surface area contributed by atoms with Crippen LogP contribution in [0.4, 0.5) is 8.78 Å². The molecule has 194 valence electrons. The summed E-state index contributed by atoms with van der Waals surface area (Å²) in [6.07, 6.45) is 1.94. The molecule has 0 radical (unpaired) electrons. The Morgan fingerprint density at radius 2 is 1.63 bits per heavy atom. The Hall–Kier alpha value is -4.47. The summed E-state index contributed by atoms with van der Waals surface area (Å²) in [5, 5.41) is 0. The van der Waals surface area contributed by atoms with Gasteiger partial charge in [0.1, 0.15) is 29.2 Å². The van der Waals surface area contributed by atoms with Crippen LogP contribution in [0.3, 0.4) is 0 Å². The summed E-state index contributed by atoms with van der Waals surface area (Å²) in [5.41, 5.74) is 0.406. The van der Waals surface area contributed by atoms with E-state index in [-0.39, 0.29) is 47.5 Å². The van der Waals surface area contributed by atoms with Crippen molar-refractivity contribution in [3.05, 3.63) is 77.6 Å². The number of Topliss-reactive ketones (excluding diaryl/α,β-unsaturated/α-hetero) is 2. The van der Waals surface area contributed by atoms with E-state index in [4.69, 9.17) is 14.2 Å². The topological polar surface area (TPSA) is 101 Å². The maximum absolute atomic E-state index is 15.0. The third-order valence-corrected chi connectivity index (χ3v) is 6.61. The number of fused-ring (bicyclic) bond motifs is 1. The first-order valence-corrected chi connectivity index (χ1v) is 11.8. The molecule has 0 aliphatic heterocycles. The van der Waals surface area contributed by atoms with E-state index in [1.807, 2.05) is 0 Å². The normalized spacial score (nSPS) is 13.7. The minimum Gasteiger partial charge on any atom is -0.491 e. The number of hydrogen-bond donors (Lipinski definition) is 0. The van der Waals surface area contributed by atoms with Crippen molar-refractivity contribution in [2.45, 2.75) is 25.7 Å². The van der Waals surface area contributed by atoms with E-state index in [2.05, 4.69) is 15.0 Å². The van der Waals surface area contributed by atoms with Gasteiger partial charge in [0.25, 0.3) is 5.88 Å². The summed E-state index contributed by atoms with van der Waals surface area (Å²) < 4.78 is 44.4. The number of aromatic nitrogens is 3. The summed E-state index contributed by atoms with van der Waals surface area (Å²) in [6.45, 7) is 0. The molecular formula is C28H23F2N3O5. The lowest BCUT2D eigenvalue weighted by atomic mass is 9.88. The van der Waals surface area contributed by atoms with Gasteiger partial charge in [-0.3, -0.25) is 9.59 Å². The van der Waals surface area contributed by atoms with E-state index in [0.717, 1.165) is 6.07 Å². The molecule has 0 saturated heterocycles. The monoisotopic (exact) mass is 519 g/mol. The van der Waals surface area contributed by atoms with Crippen LogP contribution in [0.15, 0.2) is 54.9 Å². The summed E-state index contributed by atoms with van der Waals surface area (Å²) in [4.78, 5) is 38.5. The van der Waals surface area contributed by atoms with Gasteiger partial charge in [-0.15, -0.1) is 0 Å². The third kappa shape index (κ3) is 4.89. The van der Waals surface area contributed by atoms with Crippen LogP contribution in [-0.2, 0) is 22.4 Å². The van der Waals surface area contributed by atoms with Crippen molar-refractivity contribution in [1.82, 2.24) is 15.0 Å². The molecule has 1 aliphatic rings. The second-order valence-corrected chi connectivity index (χ2v) is 9.01. The maximum atomic E-state index is 15.0. The fourth-order valence-electron chi connectivity index (χ4n) is 4.28. The molecule has 5 rings (SSSR count). The van der Waals surface area contributed by atoms with Crippen molar-refractivity contribution in [3.8, 4) is 23.3 Å². The number of nitrogens with zero attached hydrogens (tertiary/aromatic N) is 3. The van der Waals surface area contributed by atoms with Gasteiger partial charge in [0.15, 0.2) is 22.8 Å². The molecule has 0 amide bonds. The molecule has 8 nitrogen and oxygen atoms in total. The van der Waals surface area contributed by atoms with Crippen LogP contribution in [0.5, 0.6) is 23.3 Å². The fraction of sp³-hybridized carbons (Fsp3) is 0.250. The fourth-order valence-corrected chi connectivity index (χ4v) is 4.28. The number of pyridine rings is 1. The molecule has 10 heteroatoms. The lowest BCUT2D eigenvalue weighted by Gasteiger charge is -2.14. The number of carbonyl (C=O) groups excluding carboxylic acids is 2. The Kier molecular flexibility index (Phi) is 6.71. The van der Waals surface area contributed by atoms with Crippen molar-refractivity contribution in [2.75, 3.05) is 14.2 Å². The summed E-state index contributed by atoms with van der Waals surface area (Å²) >= 11 is 0. The molecular weight excluding hydrogens is 496 g/mol. The van der Waals surface area contributed by atoms with Crippen LogP contribution < -0.4 is 14.2 Å². The highest BCUT2D eigenvalue weighted by molar-refractivity contribution is 6.11. The highest BCUT2D eigenvalue weighted by Crippen LogP contribution is 2.49. The molecule has 2 aromatic heterocycles. The molecule has 1 saturated carbocycles. The second-order valence-electron chi connectivity index (χ2n) is 9.01. The molecule has 0 unspecified atom stereocenters. The van der Waals surface area contributed by atoms with E-state index in [0.29, 0.717) is 35.2 Å². The maximum Gasteiger partial charge on any atom is 0.257 e. The van der Waals surface area contributed by atoms with Gasteiger partial charge in [-0.2, -0.15) is 4.98 Å². The molecule has 1 aliphatic carbocycles. The SMILES string of the molecule is COc1cc2ncnc(Oc3ccc(CC(=O)C4(C(=O)Cc5ccc(F)cc5)CC4)c(F)c3)c2nc1OC.